The number of aryl methyl sites for hydroxylation is 1. The summed E-state index contributed by atoms with van der Waals surface area (Å²) < 4.78 is 24.0. The molecular weight excluding hydrogens is 221 g/mol. The van der Waals surface area contributed by atoms with Crippen molar-refractivity contribution in [2.45, 2.75) is 13.0 Å². The average molecular weight is 235 g/mol. The molecule has 0 spiro atoms. The van der Waals surface area contributed by atoms with Crippen LogP contribution in [-0.4, -0.2) is 6.54 Å². The molecule has 4 heteroatoms. The Morgan fingerprint density at radius 2 is 2.24 bits per heavy atom. The molecule has 0 bridgehead atoms. The summed E-state index contributed by atoms with van der Waals surface area (Å²) in [7, 11) is 0. The van der Waals surface area contributed by atoms with E-state index in [9.17, 15) is 4.39 Å². The number of hydrogen-bond acceptors (Lipinski definition) is 3. The van der Waals surface area contributed by atoms with E-state index in [1.807, 2.05) is 0 Å². The topological polar surface area (TPSA) is 48.4 Å². The third kappa shape index (κ3) is 2.65. The standard InChI is InChI=1S/C13H14FNO2/c1-9-7-10(4-5-11(9)14)17-13(8-15)12-3-2-6-16-12/h2-7,13H,8,15H2,1H3. The highest BCUT2D eigenvalue weighted by Gasteiger charge is 2.14. The van der Waals surface area contributed by atoms with Crippen LogP contribution >= 0.6 is 0 Å². The number of ether oxygens (including phenoxy) is 1. The Morgan fingerprint density at radius 1 is 1.41 bits per heavy atom. The molecule has 2 N–H and O–H groups in total. The van der Waals surface area contributed by atoms with Gasteiger partial charge >= 0.3 is 0 Å². The molecule has 2 rings (SSSR count). The highest BCUT2D eigenvalue weighted by molar-refractivity contribution is 5.29. The largest absolute Gasteiger partial charge is 0.481 e. The van der Waals surface area contributed by atoms with E-state index in [0.29, 0.717) is 23.6 Å². The van der Waals surface area contributed by atoms with E-state index < -0.39 is 0 Å². The van der Waals surface area contributed by atoms with Crippen molar-refractivity contribution in [1.29, 1.82) is 0 Å². The minimum Gasteiger partial charge on any atom is -0.481 e. The molecule has 0 amide bonds. The zero-order valence-corrected chi connectivity index (χ0v) is 9.52. The lowest BCUT2D eigenvalue weighted by molar-refractivity contribution is 0.183. The third-order valence-electron chi connectivity index (χ3n) is 2.48. The second kappa shape index (κ2) is 5.01. The third-order valence-corrected chi connectivity index (χ3v) is 2.48. The molecule has 1 unspecified atom stereocenters. The van der Waals surface area contributed by atoms with E-state index in [1.54, 1.807) is 37.5 Å². The fraction of sp³-hybridized carbons (Fsp3) is 0.231. The summed E-state index contributed by atoms with van der Waals surface area (Å²) in [6, 6.07) is 8.17. The Kier molecular flexibility index (Phi) is 3.44. The van der Waals surface area contributed by atoms with Crippen molar-refractivity contribution in [1.82, 2.24) is 0 Å². The SMILES string of the molecule is Cc1cc(OC(CN)c2ccco2)ccc1F. The second-order valence-electron chi connectivity index (χ2n) is 3.77. The van der Waals surface area contributed by atoms with Gasteiger partial charge in [0.25, 0.3) is 0 Å². The molecule has 3 nitrogen and oxygen atoms in total. The van der Waals surface area contributed by atoms with Crippen LogP contribution < -0.4 is 10.5 Å². The lowest BCUT2D eigenvalue weighted by Crippen LogP contribution is -2.17. The highest BCUT2D eigenvalue weighted by atomic mass is 19.1. The highest BCUT2D eigenvalue weighted by Crippen LogP contribution is 2.23. The van der Waals surface area contributed by atoms with Gasteiger partial charge in [0, 0.05) is 6.54 Å². The van der Waals surface area contributed by atoms with Crippen LogP contribution in [0, 0.1) is 12.7 Å². The molecule has 0 aliphatic rings. The van der Waals surface area contributed by atoms with E-state index in [1.165, 1.54) is 6.07 Å². The van der Waals surface area contributed by atoms with Crippen LogP contribution in [0.15, 0.2) is 41.0 Å². The normalized spacial score (nSPS) is 12.4. The molecule has 90 valence electrons. The van der Waals surface area contributed by atoms with Crippen molar-refractivity contribution in [2.75, 3.05) is 6.54 Å². The fourth-order valence-electron chi connectivity index (χ4n) is 1.55. The number of benzene rings is 1. The summed E-state index contributed by atoms with van der Waals surface area (Å²) >= 11 is 0. The summed E-state index contributed by atoms with van der Waals surface area (Å²) in [5.74, 6) is 0.991. The monoisotopic (exact) mass is 235 g/mol. The number of furan rings is 1. The van der Waals surface area contributed by atoms with Gasteiger partial charge in [-0.05, 0) is 42.8 Å². The maximum atomic E-state index is 13.1. The van der Waals surface area contributed by atoms with E-state index in [-0.39, 0.29) is 11.9 Å². The van der Waals surface area contributed by atoms with Crippen LogP contribution in [0.3, 0.4) is 0 Å². The maximum absolute atomic E-state index is 13.1. The van der Waals surface area contributed by atoms with Crippen LogP contribution in [0.25, 0.3) is 0 Å². The first-order valence-electron chi connectivity index (χ1n) is 5.37. The predicted molar refractivity (Wildman–Crippen MR) is 62.3 cm³/mol. The average Bonchev–Trinajstić information content (AvgIpc) is 2.84. The molecule has 0 saturated carbocycles. The summed E-state index contributed by atoms with van der Waals surface area (Å²) in [5.41, 5.74) is 6.16. The van der Waals surface area contributed by atoms with Crippen LogP contribution in [0.4, 0.5) is 4.39 Å². The Morgan fingerprint density at radius 3 is 2.82 bits per heavy atom. The molecule has 0 saturated heterocycles. The minimum absolute atomic E-state index is 0.250. The lowest BCUT2D eigenvalue weighted by atomic mass is 10.2. The van der Waals surface area contributed by atoms with Gasteiger partial charge in [-0.1, -0.05) is 0 Å². The van der Waals surface area contributed by atoms with Gasteiger partial charge in [-0.25, -0.2) is 4.39 Å². The molecular formula is C13H14FNO2. The van der Waals surface area contributed by atoms with Crippen molar-refractivity contribution < 1.29 is 13.5 Å². The Bertz CT molecular complexity index is 482. The summed E-state index contributed by atoms with van der Waals surface area (Å²) in [5, 5.41) is 0. The van der Waals surface area contributed by atoms with Gasteiger partial charge < -0.3 is 14.9 Å². The number of nitrogens with two attached hydrogens (primary N) is 1. The number of hydrogen-bond donors (Lipinski definition) is 1. The molecule has 1 atom stereocenters. The zero-order chi connectivity index (χ0) is 12.3. The number of rotatable bonds is 4. The number of halogens is 1. The molecule has 1 aromatic carbocycles. The van der Waals surface area contributed by atoms with Gasteiger partial charge in [0.05, 0.1) is 6.26 Å². The summed E-state index contributed by atoms with van der Waals surface area (Å²) in [4.78, 5) is 0. The van der Waals surface area contributed by atoms with E-state index in [4.69, 9.17) is 14.9 Å². The smallest absolute Gasteiger partial charge is 0.168 e. The maximum Gasteiger partial charge on any atom is 0.168 e. The van der Waals surface area contributed by atoms with Crippen molar-refractivity contribution in [2.24, 2.45) is 5.73 Å². The van der Waals surface area contributed by atoms with Gasteiger partial charge in [0.2, 0.25) is 0 Å². The van der Waals surface area contributed by atoms with Crippen LogP contribution in [0.5, 0.6) is 5.75 Å². The van der Waals surface area contributed by atoms with Gasteiger partial charge in [0.15, 0.2) is 6.10 Å². The Hall–Kier alpha value is -1.81. The predicted octanol–water partition coefficient (Wildman–Crippen LogP) is 2.81. The van der Waals surface area contributed by atoms with Crippen LogP contribution in [0.1, 0.15) is 17.4 Å². The van der Waals surface area contributed by atoms with Crippen molar-refractivity contribution in [3.8, 4) is 5.75 Å². The van der Waals surface area contributed by atoms with Crippen molar-refractivity contribution >= 4 is 0 Å². The first-order chi connectivity index (χ1) is 8.20. The van der Waals surface area contributed by atoms with Crippen molar-refractivity contribution in [3.05, 3.63) is 53.7 Å². The van der Waals surface area contributed by atoms with E-state index in [2.05, 4.69) is 0 Å². The molecule has 0 fully saturated rings. The molecule has 2 aromatic rings. The molecule has 0 aliphatic carbocycles. The Balaban J connectivity index is 2.16. The minimum atomic E-state index is -0.352. The van der Waals surface area contributed by atoms with Gasteiger partial charge in [-0.2, -0.15) is 0 Å². The van der Waals surface area contributed by atoms with Gasteiger partial charge in [-0.15, -0.1) is 0 Å². The van der Waals surface area contributed by atoms with E-state index >= 15 is 0 Å². The molecule has 0 radical (unpaired) electrons. The zero-order valence-electron chi connectivity index (χ0n) is 9.52. The summed E-state index contributed by atoms with van der Waals surface area (Å²) in [6.45, 7) is 1.98. The lowest BCUT2D eigenvalue weighted by Gasteiger charge is -2.15. The van der Waals surface area contributed by atoms with Crippen molar-refractivity contribution in [3.63, 3.8) is 0 Å². The van der Waals surface area contributed by atoms with E-state index in [0.717, 1.165) is 0 Å². The van der Waals surface area contributed by atoms with Gasteiger partial charge in [0.1, 0.15) is 17.3 Å². The second-order valence-corrected chi connectivity index (χ2v) is 3.77. The molecule has 17 heavy (non-hydrogen) atoms. The quantitative estimate of drug-likeness (QED) is 0.886. The molecule has 1 heterocycles. The first kappa shape index (κ1) is 11.7. The van der Waals surface area contributed by atoms with Crippen LogP contribution in [0.2, 0.25) is 0 Å². The van der Waals surface area contributed by atoms with Gasteiger partial charge in [-0.3, -0.25) is 0 Å². The first-order valence-corrected chi connectivity index (χ1v) is 5.37. The molecule has 0 aliphatic heterocycles. The Labute approximate surface area is 99.0 Å². The fourth-order valence-corrected chi connectivity index (χ4v) is 1.55. The summed E-state index contributed by atoms with van der Waals surface area (Å²) in [6.07, 6.45) is 1.21. The molecule has 1 aromatic heterocycles. The van der Waals surface area contributed by atoms with Crippen LogP contribution in [-0.2, 0) is 0 Å².